The predicted molar refractivity (Wildman–Crippen MR) is 100.0 cm³/mol. The third-order valence-corrected chi connectivity index (χ3v) is 4.15. The van der Waals surface area contributed by atoms with Gasteiger partial charge in [0.2, 0.25) is 0 Å². The highest BCUT2D eigenvalue weighted by Gasteiger charge is 2.11. The molecular weight excluding hydrogens is 312 g/mol. The Hall–Kier alpha value is -2.42. The van der Waals surface area contributed by atoms with E-state index < -0.39 is 0 Å². The fourth-order valence-corrected chi connectivity index (χ4v) is 2.64. The highest BCUT2D eigenvalue weighted by molar-refractivity contribution is 6.09. The topological polar surface area (TPSA) is 43.4 Å². The number of esters is 1. The van der Waals surface area contributed by atoms with Gasteiger partial charge in [-0.3, -0.25) is 4.79 Å². The molecule has 0 heterocycles. The van der Waals surface area contributed by atoms with Crippen LogP contribution in [0.15, 0.2) is 54.6 Å². The highest BCUT2D eigenvalue weighted by Crippen LogP contribution is 2.12. The van der Waals surface area contributed by atoms with E-state index in [0.29, 0.717) is 23.3 Å². The van der Waals surface area contributed by atoms with E-state index in [-0.39, 0.29) is 11.8 Å². The van der Waals surface area contributed by atoms with E-state index in [9.17, 15) is 9.59 Å². The smallest absolute Gasteiger partial charge is 0.338 e. The monoisotopic (exact) mass is 338 g/mol. The number of hydrogen-bond acceptors (Lipinski definition) is 3. The van der Waals surface area contributed by atoms with Crippen LogP contribution in [0.3, 0.4) is 0 Å². The second-order valence-corrected chi connectivity index (χ2v) is 6.18. The van der Waals surface area contributed by atoms with E-state index in [2.05, 4.69) is 6.92 Å². The lowest BCUT2D eigenvalue weighted by atomic mass is 10.0. The number of benzene rings is 2. The van der Waals surface area contributed by atoms with Crippen molar-refractivity contribution in [3.8, 4) is 0 Å². The van der Waals surface area contributed by atoms with Crippen molar-refractivity contribution in [2.24, 2.45) is 0 Å². The number of rotatable bonds is 10. The number of carbonyl (C=O) groups is 2. The molecule has 2 aromatic rings. The van der Waals surface area contributed by atoms with Crippen molar-refractivity contribution >= 4 is 11.8 Å². The maximum atomic E-state index is 12.3. The Labute approximate surface area is 150 Å². The van der Waals surface area contributed by atoms with Gasteiger partial charge in [-0.25, -0.2) is 4.79 Å². The summed E-state index contributed by atoms with van der Waals surface area (Å²) in [4.78, 5) is 24.4. The second-order valence-electron chi connectivity index (χ2n) is 6.18. The van der Waals surface area contributed by atoms with E-state index in [4.69, 9.17) is 4.74 Å². The number of ketones is 1. The van der Waals surface area contributed by atoms with Crippen molar-refractivity contribution in [1.82, 2.24) is 0 Å². The molecule has 0 spiro atoms. The van der Waals surface area contributed by atoms with Crippen molar-refractivity contribution in [3.05, 3.63) is 71.3 Å². The second kappa shape index (κ2) is 10.4. The van der Waals surface area contributed by atoms with Crippen molar-refractivity contribution in [3.63, 3.8) is 0 Å². The number of ether oxygens (including phenoxy) is 1. The Bertz CT molecular complexity index is 659. The zero-order valence-corrected chi connectivity index (χ0v) is 14.9. The van der Waals surface area contributed by atoms with Gasteiger partial charge in [0.05, 0.1) is 12.2 Å². The minimum atomic E-state index is -0.327. The van der Waals surface area contributed by atoms with Crippen molar-refractivity contribution in [2.45, 2.75) is 45.4 Å². The Balaban J connectivity index is 1.79. The summed E-state index contributed by atoms with van der Waals surface area (Å²) in [5, 5.41) is 0. The Morgan fingerprint density at radius 2 is 1.28 bits per heavy atom. The Morgan fingerprint density at radius 1 is 0.720 bits per heavy atom. The van der Waals surface area contributed by atoms with E-state index in [1.165, 1.54) is 25.7 Å². The highest BCUT2D eigenvalue weighted by atomic mass is 16.5. The van der Waals surface area contributed by atoms with E-state index in [1.54, 1.807) is 36.4 Å². The average molecular weight is 338 g/mol. The van der Waals surface area contributed by atoms with Crippen LogP contribution in [0, 0.1) is 0 Å². The van der Waals surface area contributed by atoms with Gasteiger partial charge in [-0.2, -0.15) is 0 Å². The molecule has 25 heavy (non-hydrogen) atoms. The minimum absolute atomic E-state index is 0.0485. The van der Waals surface area contributed by atoms with Gasteiger partial charge in [0, 0.05) is 11.1 Å². The molecule has 0 amide bonds. The van der Waals surface area contributed by atoms with Gasteiger partial charge in [-0.1, -0.05) is 81.5 Å². The van der Waals surface area contributed by atoms with Gasteiger partial charge in [0.1, 0.15) is 0 Å². The van der Waals surface area contributed by atoms with Crippen LogP contribution in [-0.2, 0) is 4.74 Å². The normalized spacial score (nSPS) is 10.4. The third kappa shape index (κ3) is 6.18. The van der Waals surface area contributed by atoms with Crippen LogP contribution in [0.2, 0.25) is 0 Å². The Kier molecular flexibility index (Phi) is 7.90. The molecule has 132 valence electrons. The molecule has 0 radical (unpaired) electrons. The Morgan fingerprint density at radius 3 is 1.96 bits per heavy atom. The first-order valence-electron chi connectivity index (χ1n) is 9.09. The number of unbranched alkanes of at least 4 members (excludes halogenated alkanes) is 5. The fraction of sp³-hybridized carbons (Fsp3) is 0.364. The fourth-order valence-electron chi connectivity index (χ4n) is 2.64. The van der Waals surface area contributed by atoms with Crippen molar-refractivity contribution < 1.29 is 14.3 Å². The molecule has 0 bridgehead atoms. The quantitative estimate of drug-likeness (QED) is 0.329. The molecule has 0 atom stereocenters. The first kappa shape index (κ1) is 18.9. The summed E-state index contributed by atoms with van der Waals surface area (Å²) in [5.41, 5.74) is 1.69. The van der Waals surface area contributed by atoms with Crippen LogP contribution in [0.5, 0.6) is 0 Å². The van der Waals surface area contributed by atoms with E-state index in [1.807, 2.05) is 18.2 Å². The maximum Gasteiger partial charge on any atom is 0.338 e. The van der Waals surface area contributed by atoms with E-state index in [0.717, 1.165) is 12.8 Å². The standard InChI is InChI=1S/C22H26O3/c1-2-3-4-5-6-10-17-25-22(24)20-15-13-19(14-16-20)21(23)18-11-8-7-9-12-18/h7-9,11-16H,2-6,10,17H2,1H3. The van der Waals surface area contributed by atoms with Crippen LogP contribution in [0.4, 0.5) is 0 Å². The van der Waals surface area contributed by atoms with Gasteiger partial charge in [0.25, 0.3) is 0 Å². The molecule has 2 rings (SSSR count). The number of hydrogen-bond donors (Lipinski definition) is 0. The molecule has 0 aromatic heterocycles. The average Bonchev–Trinajstić information content (AvgIpc) is 2.67. The molecule has 0 N–H and O–H groups in total. The summed E-state index contributed by atoms with van der Waals surface area (Å²) in [7, 11) is 0. The van der Waals surface area contributed by atoms with Crippen LogP contribution >= 0.6 is 0 Å². The lowest BCUT2D eigenvalue weighted by Gasteiger charge is -2.06. The SMILES string of the molecule is CCCCCCCCOC(=O)c1ccc(C(=O)c2ccccc2)cc1. The molecule has 0 aliphatic heterocycles. The molecule has 0 unspecified atom stereocenters. The largest absolute Gasteiger partial charge is 0.462 e. The summed E-state index contributed by atoms with van der Waals surface area (Å²) < 4.78 is 5.30. The lowest BCUT2D eigenvalue weighted by molar-refractivity contribution is 0.0497. The molecule has 0 fully saturated rings. The molecule has 0 saturated carbocycles. The number of carbonyl (C=O) groups excluding carboxylic acids is 2. The summed E-state index contributed by atoms with van der Waals surface area (Å²) in [6, 6.07) is 15.8. The van der Waals surface area contributed by atoms with Crippen LogP contribution < -0.4 is 0 Å². The van der Waals surface area contributed by atoms with Crippen LogP contribution in [-0.4, -0.2) is 18.4 Å². The van der Waals surface area contributed by atoms with Gasteiger partial charge < -0.3 is 4.74 Å². The third-order valence-electron chi connectivity index (χ3n) is 4.15. The molecule has 0 aliphatic rings. The predicted octanol–water partition coefficient (Wildman–Crippen LogP) is 5.43. The van der Waals surface area contributed by atoms with Crippen molar-refractivity contribution in [1.29, 1.82) is 0 Å². The molecular formula is C22H26O3. The van der Waals surface area contributed by atoms with Crippen LogP contribution in [0.1, 0.15) is 71.7 Å². The van der Waals surface area contributed by atoms with Gasteiger partial charge in [-0.05, 0) is 18.6 Å². The molecule has 2 aromatic carbocycles. The first-order chi connectivity index (χ1) is 12.2. The van der Waals surface area contributed by atoms with Crippen molar-refractivity contribution in [2.75, 3.05) is 6.61 Å². The maximum absolute atomic E-state index is 12.3. The van der Waals surface area contributed by atoms with Gasteiger partial charge in [-0.15, -0.1) is 0 Å². The molecule has 3 heteroatoms. The zero-order valence-electron chi connectivity index (χ0n) is 14.9. The summed E-state index contributed by atoms with van der Waals surface area (Å²) in [6.45, 7) is 2.65. The molecule has 3 nitrogen and oxygen atoms in total. The van der Waals surface area contributed by atoms with Gasteiger partial charge >= 0.3 is 5.97 Å². The zero-order chi connectivity index (χ0) is 17.9. The minimum Gasteiger partial charge on any atom is -0.462 e. The van der Waals surface area contributed by atoms with Gasteiger partial charge in [0.15, 0.2) is 5.78 Å². The van der Waals surface area contributed by atoms with E-state index >= 15 is 0 Å². The first-order valence-corrected chi connectivity index (χ1v) is 9.09. The molecule has 0 aliphatic carbocycles. The van der Waals surface area contributed by atoms with Crippen LogP contribution in [0.25, 0.3) is 0 Å². The lowest BCUT2D eigenvalue weighted by Crippen LogP contribution is -2.07. The molecule has 0 saturated heterocycles. The summed E-state index contributed by atoms with van der Waals surface area (Å²) in [6.07, 6.45) is 6.95. The summed E-state index contributed by atoms with van der Waals surface area (Å²) in [5.74, 6) is -0.375. The summed E-state index contributed by atoms with van der Waals surface area (Å²) >= 11 is 0.